The molecule has 5 heteroatoms. The van der Waals surface area contributed by atoms with Gasteiger partial charge in [0.25, 0.3) is 5.91 Å². The number of aryl methyl sites for hydroxylation is 1. The topological polar surface area (TPSA) is 59.5 Å². The zero-order chi connectivity index (χ0) is 13.1. The van der Waals surface area contributed by atoms with Gasteiger partial charge in [-0.2, -0.15) is 0 Å². The van der Waals surface area contributed by atoms with Crippen molar-refractivity contribution >= 4 is 17.2 Å². The molecule has 0 bridgehead atoms. The summed E-state index contributed by atoms with van der Waals surface area (Å²) in [5.41, 5.74) is 6.66. The lowest BCUT2D eigenvalue weighted by Crippen LogP contribution is -2.25. The number of hydrogen-bond acceptors (Lipinski definition) is 4. The van der Waals surface area contributed by atoms with Crippen molar-refractivity contribution in [2.24, 2.45) is 5.73 Å². The van der Waals surface area contributed by atoms with E-state index in [0.29, 0.717) is 24.6 Å². The van der Waals surface area contributed by atoms with Crippen molar-refractivity contribution < 1.29 is 9.21 Å². The number of carbonyl (C=O) groups excluding carboxylic acids is 1. The van der Waals surface area contributed by atoms with Crippen LogP contribution >= 0.6 is 11.3 Å². The third kappa shape index (κ3) is 2.63. The molecule has 0 spiro atoms. The molecule has 0 fully saturated rings. The molecule has 2 rings (SSSR count). The first kappa shape index (κ1) is 12.9. The first-order valence-electron chi connectivity index (χ1n) is 5.69. The summed E-state index contributed by atoms with van der Waals surface area (Å²) in [5, 5.41) is 2.03. The first-order valence-corrected chi connectivity index (χ1v) is 6.57. The Morgan fingerprint density at radius 1 is 1.44 bits per heavy atom. The molecule has 0 aliphatic heterocycles. The molecule has 18 heavy (non-hydrogen) atoms. The molecule has 0 atom stereocenters. The molecule has 2 heterocycles. The van der Waals surface area contributed by atoms with Gasteiger partial charge in [0.05, 0.1) is 13.1 Å². The van der Waals surface area contributed by atoms with Gasteiger partial charge in [0.2, 0.25) is 0 Å². The van der Waals surface area contributed by atoms with E-state index >= 15 is 0 Å². The predicted octanol–water partition coefficient (Wildman–Crippen LogP) is 2.38. The maximum absolute atomic E-state index is 12.1. The van der Waals surface area contributed by atoms with Gasteiger partial charge in [0.15, 0.2) is 5.76 Å². The van der Waals surface area contributed by atoms with Gasteiger partial charge in [-0.05, 0) is 36.1 Å². The van der Waals surface area contributed by atoms with E-state index in [1.807, 2.05) is 12.3 Å². The minimum Gasteiger partial charge on any atom is -0.455 e. The van der Waals surface area contributed by atoms with Crippen LogP contribution in [0.1, 0.15) is 26.8 Å². The number of carbonyl (C=O) groups is 1. The maximum atomic E-state index is 12.1. The zero-order valence-electron chi connectivity index (χ0n) is 10.5. The summed E-state index contributed by atoms with van der Waals surface area (Å²) in [6, 6.07) is 5.46. The molecule has 2 aromatic rings. The van der Waals surface area contributed by atoms with Crippen molar-refractivity contribution in [2.75, 3.05) is 7.05 Å². The van der Waals surface area contributed by atoms with Crippen LogP contribution in [-0.4, -0.2) is 17.9 Å². The van der Waals surface area contributed by atoms with Gasteiger partial charge in [-0.25, -0.2) is 0 Å². The van der Waals surface area contributed by atoms with Crippen LogP contribution in [0, 0.1) is 6.92 Å². The molecule has 0 saturated carbocycles. The predicted molar refractivity (Wildman–Crippen MR) is 71.5 cm³/mol. The fourth-order valence-electron chi connectivity index (χ4n) is 1.64. The lowest BCUT2D eigenvalue weighted by molar-refractivity contribution is 0.0753. The molecule has 0 saturated heterocycles. The lowest BCUT2D eigenvalue weighted by atomic mass is 10.3. The normalized spacial score (nSPS) is 10.6. The van der Waals surface area contributed by atoms with Gasteiger partial charge in [-0.1, -0.05) is 0 Å². The fraction of sp³-hybridized carbons (Fsp3) is 0.308. The smallest absolute Gasteiger partial charge is 0.289 e. The van der Waals surface area contributed by atoms with Gasteiger partial charge in [0, 0.05) is 11.9 Å². The number of amides is 1. The number of furan rings is 1. The molecule has 2 aromatic heterocycles. The largest absolute Gasteiger partial charge is 0.455 e. The fourth-order valence-corrected chi connectivity index (χ4v) is 2.60. The highest BCUT2D eigenvalue weighted by atomic mass is 32.1. The number of nitrogens with two attached hydrogens (primary N) is 1. The number of thiophene rings is 1. The summed E-state index contributed by atoms with van der Waals surface area (Å²) in [4.78, 5) is 14.9. The van der Waals surface area contributed by atoms with E-state index in [1.165, 1.54) is 10.4 Å². The highest BCUT2D eigenvalue weighted by Crippen LogP contribution is 2.18. The van der Waals surface area contributed by atoms with E-state index in [4.69, 9.17) is 10.2 Å². The van der Waals surface area contributed by atoms with Gasteiger partial charge >= 0.3 is 0 Å². The van der Waals surface area contributed by atoms with E-state index in [9.17, 15) is 4.79 Å². The molecular formula is C13H16N2O2S. The highest BCUT2D eigenvalue weighted by Gasteiger charge is 2.16. The molecule has 0 aromatic carbocycles. The Morgan fingerprint density at radius 3 is 2.78 bits per heavy atom. The Kier molecular flexibility index (Phi) is 3.84. The second kappa shape index (κ2) is 5.37. The van der Waals surface area contributed by atoms with Crippen molar-refractivity contribution in [1.82, 2.24) is 4.90 Å². The summed E-state index contributed by atoms with van der Waals surface area (Å²) in [6.07, 6.45) is 0. The lowest BCUT2D eigenvalue weighted by Gasteiger charge is -2.15. The molecular weight excluding hydrogens is 248 g/mol. The van der Waals surface area contributed by atoms with Gasteiger partial charge in [-0.3, -0.25) is 4.79 Å². The quantitative estimate of drug-likeness (QED) is 0.922. The van der Waals surface area contributed by atoms with Crippen molar-refractivity contribution in [3.8, 4) is 0 Å². The summed E-state index contributed by atoms with van der Waals surface area (Å²) in [7, 11) is 1.77. The second-order valence-corrected chi connectivity index (χ2v) is 5.16. The molecule has 4 nitrogen and oxygen atoms in total. The summed E-state index contributed by atoms with van der Waals surface area (Å²) < 4.78 is 5.35. The standard InChI is InChI=1S/C13H16N2O2S/c1-9-5-6-18-12(9)8-15(2)13(16)11-4-3-10(7-14)17-11/h3-6H,7-8,14H2,1-2H3. The van der Waals surface area contributed by atoms with Crippen LogP contribution in [0.15, 0.2) is 28.0 Å². The SMILES string of the molecule is Cc1ccsc1CN(C)C(=O)c1ccc(CN)o1. The number of hydrogen-bond donors (Lipinski definition) is 1. The van der Waals surface area contributed by atoms with Crippen molar-refractivity contribution in [3.05, 3.63) is 45.5 Å². The second-order valence-electron chi connectivity index (χ2n) is 4.16. The molecule has 1 amide bonds. The minimum absolute atomic E-state index is 0.123. The van der Waals surface area contributed by atoms with Crippen LogP contribution < -0.4 is 5.73 Å². The van der Waals surface area contributed by atoms with E-state index in [0.717, 1.165) is 0 Å². The van der Waals surface area contributed by atoms with E-state index < -0.39 is 0 Å². The molecule has 0 aliphatic carbocycles. The molecule has 0 radical (unpaired) electrons. The van der Waals surface area contributed by atoms with Gasteiger partial charge in [0.1, 0.15) is 5.76 Å². The average molecular weight is 264 g/mol. The van der Waals surface area contributed by atoms with E-state index in [1.54, 1.807) is 35.4 Å². The maximum Gasteiger partial charge on any atom is 0.289 e. The Labute approximate surface area is 110 Å². The summed E-state index contributed by atoms with van der Waals surface area (Å²) in [6.45, 7) is 2.95. The van der Waals surface area contributed by atoms with Crippen LogP contribution in [0.25, 0.3) is 0 Å². The zero-order valence-corrected chi connectivity index (χ0v) is 11.3. The van der Waals surface area contributed by atoms with Crippen LogP contribution in [-0.2, 0) is 13.1 Å². The van der Waals surface area contributed by atoms with E-state index in [2.05, 4.69) is 6.07 Å². The Morgan fingerprint density at radius 2 is 2.22 bits per heavy atom. The Balaban J connectivity index is 2.07. The van der Waals surface area contributed by atoms with Crippen molar-refractivity contribution in [1.29, 1.82) is 0 Å². The first-order chi connectivity index (χ1) is 8.61. The van der Waals surface area contributed by atoms with Crippen LogP contribution in [0.4, 0.5) is 0 Å². The highest BCUT2D eigenvalue weighted by molar-refractivity contribution is 7.10. The summed E-state index contributed by atoms with van der Waals surface area (Å²) >= 11 is 1.66. The van der Waals surface area contributed by atoms with Crippen molar-refractivity contribution in [2.45, 2.75) is 20.0 Å². The average Bonchev–Trinajstić information content (AvgIpc) is 2.98. The Hall–Kier alpha value is -1.59. The molecule has 2 N–H and O–H groups in total. The van der Waals surface area contributed by atoms with Crippen LogP contribution in [0.5, 0.6) is 0 Å². The van der Waals surface area contributed by atoms with Crippen molar-refractivity contribution in [3.63, 3.8) is 0 Å². The Bertz CT molecular complexity index is 545. The third-order valence-electron chi connectivity index (χ3n) is 2.77. The van der Waals surface area contributed by atoms with Gasteiger partial charge < -0.3 is 15.1 Å². The monoisotopic (exact) mass is 264 g/mol. The molecule has 0 unspecified atom stereocenters. The number of nitrogens with zero attached hydrogens (tertiary/aromatic N) is 1. The van der Waals surface area contributed by atoms with Gasteiger partial charge in [-0.15, -0.1) is 11.3 Å². The van der Waals surface area contributed by atoms with Crippen LogP contribution in [0.3, 0.4) is 0 Å². The van der Waals surface area contributed by atoms with Crippen LogP contribution in [0.2, 0.25) is 0 Å². The molecule has 96 valence electrons. The third-order valence-corrected chi connectivity index (χ3v) is 3.78. The summed E-state index contributed by atoms with van der Waals surface area (Å²) in [5.74, 6) is 0.841. The molecule has 0 aliphatic rings. The van der Waals surface area contributed by atoms with E-state index in [-0.39, 0.29) is 5.91 Å². The number of rotatable bonds is 4. The minimum atomic E-state index is -0.123.